The van der Waals surface area contributed by atoms with Crippen LogP contribution in [0.25, 0.3) is 0 Å². The Bertz CT molecular complexity index is 101. The summed E-state index contributed by atoms with van der Waals surface area (Å²) >= 11 is 0. The van der Waals surface area contributed by atoms with Crippen molar-refractivity contribution in [3.63, 3.8) is 0 Å². The fourth-order valence-electron chi connectivity index (χ4n) is 0.184. The van der Waals surface area contributed by atoms with Gasteiger partial charge < -0.3 is 5.11 Å². The maximum Gasteiger partial charge on any atom is 0.246 e. The lowest BCUT2D eigenvalue weighted by Crippen LogP contribution is -1.62. The van der Waals surface area contributed by atoms with Gasteiger partial charge in [0.1, 0.15) is 0 Å². The molecule has 0 radical (unpaired) electrons. The number of rotatable bonds is 2. The molecule has 1 heteroatoms. The summed E-state index contributed by atoms with van der Waals surface area (Å²) in [5.74, 6) is 0.305. The molecule has 0 saturated carbocycles. The second-order valence-corrected chi connectivity index (χ2v) is 1.12. The predicted molar refractivity (Wildman–Crippen MR) is 43.4 cm³/mol. The van der Waals surface area contributed by atoms with Crippen LogP contribution in [0.15, 0.2) is 37.1 Å². The maximum atomic E-state index is 6.75. The lowest BCUT2D eigenvalue weighted by molar-refractivity contribution is 0.435. The summed E-state index contributed by atoms with van der Waals surface area (Å²) in [6.45, 7) is 10.7. The molecule has 9 heavy (non-hydrogen) atoms. The van der Waals surface area contributed by atoms with Gasteiger partial charge in [0.25, 0.3) is 0 Å². The molecule has 1 nitrogen and oxygen atoms in total. The Balaban J connectivity index is 0. The molecule has 0 saturated heterocycles. The molecule has 0 aromatic heterocycles. The van der Waals surface area contributed by atoms with Crippen molar-refractivity contribution in [3.05, 3.63) is 37.1 Å². The van der Waals surface area contributed by atoms with Crippen molar-refractivity contribution < 1.29 is 5.11 Å². The molecule has 0 aliphatic carbocycles. The molecule has 0 unspecified atom stereocenters. The Morgan fingerprint density at radius 1 is 1.44 bits per heavy atom. The topological polar surface area (TPSA) is 22.9 Å². The first kappa shape index (κ1) is 10.9. The molecule has 0 aliphatic heterocycles. The highest BCUT2D eigenvalue weighted by atomic mass is 16.3. The van der Waals surface area contributed by atoms with Gasteiger partial charge in [-0.3, -0.25) is 0 Å². The van der Waals surface area contributed by atoms with Gasteiger partial charge in [0.2, 0.25) is 5.76 Å². The molecule has 0 spiro atoms. The Morgan fingerprint density at radius 2 is 1.89 bits per heavy atom. The molecule has 0 aliphatic rings. The summed E-state index contributed by atoms with van der Waals surface area (Å²) in [6, 6.07) is 0. The standard InChI is InChI=1S/C6H8O.C2H6/c1-3-4-5-6(2)7;1-2/h3-5,7H,1-2H2;1-2H3/p+1/b5-4-;. The quantitative estimate of drug-likeness (QED) is 0.307. The molecule has 52 valence electrons. The fraction of sp³-hybridized carbons (Fsp3) is 0.250. The summed E-state index contributed by atoms with van der Waals surface area (Å²) in [5.41, 5.74) is 0. The van der Waals surface area contributed by atoms with Crippen LogP contribution in [-0.4, -0.2) is 5.11 Å². The molecule has 0 amide bonds. The first-order valence-electron chi connectivity index (χ1n) is 2.97. The SMILES string of the molecule is C=C/C=C\C(=C)[OH2+].CC. The van der Waals surface area contributed by atoms with Gasteiger partial charge in [-0.1, -0.05) is 32.6 Å². The van der Waals surface area contributed by atoms with Gasteiger partial charge in [-0.2, -0.15) is 0 Å². The van der Waals surface area contributed by atoms with Gasteiger partial charge in [0, 0.05) is 6.08 Å². The Kier molecular flexibility index (Phi) is 12.2. The van der Waals surface area contributed by atoms with Crippen LogP contribution in [0.1, 0.15) is 13.8 Å². The third kappa shape index (κ3) is 19.4. The second kappa shape index (κ2) is 10.1. The van der Waals surface area contributed by atoms with E-state index in [1.807, 2.05) is 13.8 Å². The van der Waals surface area contributed by atoms with Crippen LogP contribution in [0.2, 0.25) is 0 Å². The highest BCUT2D eigenvalue weighted by molar-refractivity contribution is 5.10. The van der Waals surface area contributed by atoms with Gasteiger partial charge in [0.15, 0.2) is 0 Å². The maximum absolute atomic E-state index is 6.75. The zero-order valence-electron chi connectivity index (χ0n) is 6.15. The van der Waals surface area contributed by atoms with E-state index in [1.54, 1.807) is 18.2 Å². The molecule has 0 rings (SSSR count). The molecular weight excluding hydrogens is 112 g/mol. The zero-order valence-corrected chi connectivity index (χ0v) is 6.15. The number of hydrogen-bond donors (Lipinski definition) is 0. The van der Waals surface area contributed by atoms with Gasteiger partial charge in [0.05, 0.1) is 0 Å². The average molecular weight is 127 g/mol. The molecule has 2 N–H and O–H groups in total. The van der Waals surface area contributed by atoms with E-state index < -0.39 is 0 Å². The van der Waals surface area contributed by atoms with Gasteiger partial charge in [-0.25, -0.2) is 0 Å². The monoisotopic (exact) mass is 127 g/mol. The summed E-state index contributed by atoms with van der Waals surface area (Å²) in [7, 11) is 0. The van der Waals surface area contributed by atoms with Crippen LogP contribution in [0.5, 0.6) is 0 Å². The first-order chi connectivity index (χ1) is 4.27. The predicted octanol–water partition coefficient (Wildman–Crippen LogP) is 1.99. The minimum absolute atomic E-state index is 0.305. The Hall–Kier alpha value is -0.980. The number of allylic oxidation sites excluding steroid dienone is 3. The van der Waals surface area contributed by atoms with Crippen LogP contribution < -0.4 is 0 Å². The molecule has 0 aromatic rings. The molecule has 0 heterocycles. The minimum Gasteiger partial charge on any atom is -0.594 e. The van der Waals surface area contributed by atoms with Crippen molar-refractivity contribution in [2.45, 2.75) is 13.8 Å². The van der Waals surface area contributed by atoms with E-state index in [0.717, 1.165) is 0 Å². The van der Waals surface area contributed by atoms with Crippen molar-refractivity contribution in [2.75, 3.05) is 0 Å². The third-order valence-corrected chi connectivity index (χ3v) is 0.433. The molecular formula is C8H15O+. The lowest BCUT2D eigenvalue weighted by Gasteiger charge is -1.73. The van der Waals surface area contributed by atoms with Crippen LogP contribution in [-0.2, 0) is 0 Å². The van der Waals surface area contributed by atoms with Crippen LogP contribution >= 0.6 is 0 Å². The average Bonchev–Trinajstić information content (AvgIpc) is 1.88. The first-order valence-corrected chi connectivity index (χ1v) is 2.97. The van der Waals surface area contributed by atoms with E-state index in [0.29, 0.717) is 5.76 Å². The molecule has 0 atom stereocenters. The van der Waals surface area contributed by atoms with Crippen molar-refractivity contribution in [1.29, 1.82) is 0 Å². The van der Waals surface area contributed by atoms with Crippen molar-refractivity contribution in [3.8, 4) is 0 Å². The summed E-state index contributed by atoms with van der Waals surface area (Å²) in [5, 5.41) is 6.75. The lowest BCUT2D eigenvalue weighted by atomic mass is 10.4. The molecule has 0 fully saturated rings. The van der Waals surface area contributed by atoms with E-state index in [9.17, 15) is 0 Å². The van der Waals surface area contributed by atoms with E-state index in [1.165, 1.54) is 0 Å². The fourth-order valence-corrected chi connectivity index (χ4v) is 0.184. The third-order valence-electron chi connectivity index (χ3n) is 0.433. The van der Waals surface area contributed by atoms with Crippen LogP contribution in [0, 0.1) is 0 Å². The van der Waals surface area contributed by atoms with Crippen molar-refractivity contribution in [1.82, 2.24) is 0 Å². The molecule has 0 bridgehead atoms. The van der Waals surface area contributed by atoms with Crippen molar-refractivity contribution >= 4 is 0 Å². The van der Waals surface area contributed by atoms with E-state index in [-0.39, 0.29) is 0 Å². The molecule has 0 aromatic carbocycles. The Labute approximate surface area is 57.0 Å². The highest BCUT2D eigenvalue weighted by Crippen LogP contribution is 1.82. The normalized spacial score (nSPS) is 7.78. The summed E-state index contributed by atoms with van der Waals surface area (Å²) in [4.78, 5) is 0. The van der Waals surface area contributed by atoms with Gasteiger partial charge in [-0.15, -0.1) is 0 Å². The van der Waals surface area contributed by atoms with E-state index in [2.05, 4.69) is 13.2 Å². The Morgan fingerprint density at radius 3 is 2.00 bits per heavy atom. The van der Waals surface area contributed by atoms with Gasteiger partial charge >= 0.3 is 0 Å². The van der Waals surface area contributed by atoms with Crippen molar-refractivity contribution in [2.24, 2.45) is 0 Å². The van der Waals surface area contributed by atoms with Crippen LogP contribution in [0.4, 0.5) is 0 Å². The van der Waals surface area contributed by atoms with E-state index >= 15 is 0 Å². The van der Waals surface area contributed by atoms with E-state index in [4.69, 9.17) is 5.11 Å². The largest absolute Gasteiger partial charge is 0.594 e. The zero-order chi connectivity index (χ0) is 7.70. The second-order valence-electron chi connectivity index (χ2n) is 1.12. The van der Waals surface area contributed by atoms with Gasteiger partial charge in [-0.05, 0) is 6.58 Å². The minimum atomic E-state index is 0.305. The smallest absolute Gasteiger partial charge is 0.246 e. The summed E-state index contributed by atoms with van der Waals surface area (Å²) < 4.78 is 0. The van der Waals surface area contributed by atoms with Crippen LogP contribution in [0.3, 0.4) is 0 Å². The number of hydrogen-bond acceptors (Lipinski definition) is 0. The highest BCUT2D eigenvalue weighted by Gasteiger charge is 1.75. The summed E-state index contributed by atoms with van der Waals surface area (Å²) in [6.07, 6.45) is 4.86.